The van der Waals surface area contributed by atoms with Crippen LogP contribution in [0, 0.1) is 0 Å². The average Bonchev–Trinajstić information content (AvgIpc) is 2.62. The fraction of sp³-hybridized carbons (Fsp3) is 0.692. The summed E-state index contributed by atoms with van der Waals surface area (Å²) in [6, 6.07) is 4.12. The Hall–Kier alpha value is -0.760. The molecule has 0 saturated heterocycles. The van der Waals surface area contributed by atoms with Crippen LogP contribution >= 0.6 is 0 Å². The Morgan fingerprint density at radius 2 is 1.87 bits per heavy atom. The molecule has 0 radical (unpaired) electrons. The minimum atomic E-state index is 0.202. The van der Waals surface area contributed by atoms with Crippen LogP contribution in [0.4, 0.5) is 0 Å². The molecular weight excluding hydrogens is 186 g/mol. The van der Waals surface area contributed by atoms with E-state index in [0.29, 0.717) is 0 Å². The Labute approximate surface area is 93.1 Å². The largest absolute Gasteiger partial charge is 0.465 e. The maximum absolute atomic E-state index is 5.64. The first kappa shape index (κ1) is 12.3. The van der Waals surface area contributed by atoms with Crippen LogP contribution in [-0.2, 0) is 13.0 Å². The molecule has 1 aromatic rings. The number of furan rings is 1. The van der Waals surface area contributed by atoms with E-state index in [0.717, 1.165) is 24.5 Å². The first-order chi connectivity index (χ1) is 7.07. The molecule has 1 aromatic heterocycles. The van der Waals surface area contributed by atoms with E-state index in [1.54, 1.807) is 0 Å². The Balaban J connectivity index is 2.42. The number of rotatable bonds is 6. The fourth-order valence-electron chi connectivity index (χ4n) is 1.75. The van der Waals surface area contributed by atoms with Gasteiger partial charge in [-0.25, -0.2) is 0 Å². The molecule has 0 aromatic carbocycles. The molecule has 0 bridgehead atoms. The summed E-state index contributed by atoms with van der Waals surface area (Å²) in [5, 5.41) is 3.52. The number of hydrogen-bond donors (Lipinski definition) is 1. The quantitative estimate of drug-likeness (QED) is 0.775. The molecule has 0 aliphatic rings. The van der Waals surface area contributed by atoms with Crippen LogP contribution in [0.15, 0.2) is 16.5 Å². The second-order valence-corrected chi connectivity index (χ2v) is 4.71. The maximum atomic E-state index is 5.64. The molecule has 0 amide bonds. The summed E-state index contributed by atoms with van der Waals surface area (Å²) >= 11 is 0. The van der Waals surface area contributed by atoms with Crippen LogP contribution < -0.4 is 5.32 Å². The van der Waals surface area contributed by atoms with Crippen LogP contribution in [0.25, 0.3) is 0 Å². The molecule has 1 heterocycles. The lowest BCUT2D eigenvalue weighted by Crippen LogP contribution is -2.38. The molecule has 15 heavy (non-hydrogen) atoms. The standard InChI is InChI=1S/C13H23NO/c1-5-9-13(3,4)14-10-12-8-7-11(6-2)15-12/h7-8,14H,5-6,9-10H2,1-4H3. The summed E-state index contributed by atoms with van der Waals surface area (Å²) in [5.74, 6) is 2.11. The van der Waals surface area contributed by atoms with Crippen molar-refractivity contribution in [2.24, 2.45) is 0 Å². The molecular formula is C13H23NO. The highest BCUT2D eigenvalue weighted by atomic mass is 16.3. The molecule has 0 atom stereocenters. The van der Waals surface area contributed by atoms with Gasteiger partial charge in [-0.2, -0.15) is 0 Å². The number of aryl methyl sites for hydroxylation is 1. The van der Waals surface area contributed by atoms with Crippen molar-refractivity contribution < 1.29 is 4.42 Å². The minimum absolute atomic E-state index is 0.202. The Bertz CT molecular complexity index is 288. The van der Waals surface area contributed by atoms with E-state index in [1.807, 2.05) is 0 Å². The van der Waals surface area contributed by atoms with Crippen LogP contribution in [0.1, 0.15) is 52.1 Å². The first-order valence-corrected chi connectivity index (χ1v) is 5.90. The van der Waals surface area contributed by atoms with Gasteiger partial charge in [0.15, 0.2) is 0 Å². The summed E-state index contributed by atoms with van der Waals surface area (Å²) < 4.78 is 5.64. The van der Waals surface area contributed by atoms with Gasteiger partial charge in [0.05, 0.1) is 6.54 Å². The second-order valence-electron chi connectivity index (χ2n) is 4.71. The van der Waals surface area contributed by atoms with E-state index in [1.165, 1.54) is 12.8 Å². The van der Waals surface area contributed by atoms with Gasteiger partial charge in [-0.15, -0.1) is 0 Å². The topological polar surface area (TPSA) is 25.2 Å². The van der Waals surface area contributed by atoms with Gasteiger partial charge in [0.2, 0.25) is 0 Å². The van der Waals surface area contributed by atoms with Gasteiger partial charge in [0, 0.05) is 12.0 Å². The van der Waals surface area contributed by atoms with Gasteiger partial charge in [-0.05, 0) is 32.4 Å². The third-order valence-electron chi connectivity index (χ3n) is 2.68. The van der Waals surface area contributed by atoms with Crippen molar-refractivity contribution in [2.45, 2.75) is 59.0 Å². The maximum Gasteiger partial charge on any atom is 0.117 e. The van der Waals surface area contributed by atoms with Gasteiger partial charge < -0.3 is 9.73 Å². The Kier molecular flexibility index (Phi) is 4.40. The SMILES string of the molecule is CCCC(C)(C)NCc1ccc(CC)o1. The van der Waals surface area contributed by atoms with Gasteiger partial charge in [-0.1, -0.05) is 20.3 Å². The zero-order chi connectivity index (χ0) is 11.3. The van der Waals surface area contributed by atoms with Crippen LogP contribution in [0.2, 0.25) is 0 Å². The molecule has 0 aliphatic carbocycles. The highest BCUT2D eigenvalue weighted by molar-refractivity contribution is 5.07. The van der Waals surface area contributed by atoms with Crippen LogP contribution in [-0.4, -0.2) is 5.54 Å². The Morgan fingerprint density at radius 1 is 1.20 bits per heavy atom. The van der Waals surface area contributed by atoms with Crippen molar-refractivity contribution in [3.8, 4) is 0 Å². The molecule has 0 unspecified atom stereocenters. The van der Waals surface area contributed by atoms with Crippen LogP contribution in [0.5, 0.6) is 0 Å². The van der Waals surface area contributed by atoms with Crippen LogP contribution in [0.3, 0.4) is 0 Å². The average molecular weight is 209 g/mol. The minimum Gasteiger partial charge on any atom is -0.465 e. The lowest BCUT2D eigenvalue weighted by molar-refractivity contribution is 0.334. The summed E-state index contributed by atoms with van der Waals surface area (Å²) in [6.07, 6.45) is 3.37. The van der Waals surface area contributed by atoms with Crippen molar-refractivity contribution in [3.63, 3.8) is 0 Å². The van der Waals surface area contributed by atoms with Gasteiger partial charge in [0.25, 0.3) is 0 Å². The molecule has 0 spiro atoms. The van der Waals surface area contributed by atoms with Crippen molar-refractivity contribution in [3.05, 3.63) is 23.7 Å². The second kappa shape index (κ2) is 5.36. The van der Waals surface area contributed by atoms with Crippen molar-refractivity contribution in [1.29, 1.82) is 0 Å². The van der Waals surface area contributed by atoms with Gasteiger partial charge in [-0.3, -0.25) is 0 Å². The summed E-state index contributed by atoms with van der Waals surface area (Å²) in [5.41, 5.74) is 0.202. The number of hydrogen-bond acceptors (Lipinski definition) is 2. The molecule has 1 rings (SSSR count). The van der Waals surface area contributed by atoms with Gasteiger partial charge in [0.1, 0.15) is 11.5 Å². The first-order valence-electron chi connectivity index (χ1n) is 5.90. The summed E-state index contributed by atoms with van der Waals surface area (Å²) in [6.45, 7) is 9.62. The molecule has 1 N–H and O–H groups in total. The molecule has 86 valence electrons. The normalized spacial score (nSPS) is 12.0. The highest BCUT2D eigenvalue weighted by Gasteiger charge is 2.15. The van der Waals surface area contributed by atoms with E-state index in [9.17, 15) is 0 Å². The lowest BCUT2D eigenvalue weighted by atomic mass is 9.99. The molecule has 0 saturated carbocycles. The van der Waals surface area contributed by atoms with E-state index >= 15 is 0 Å². The smallest absolute Gasteiger partial charge is 0.117 e. The monoisotopic (exact) mass is 209 g/mol. The van der Waals surface area contributed by atoms with E-state index < -0.39 is 0 Å². The zero-order valence-electron chi connectivity index (χ0n) is 10.4. The number of nitrogens with one attached hydrogen (secondary N) is 1. The summed E-state index contributed by atoms with van der Waals surface area (Å²) in [7, 11) is 0. The van der Waals surface area contributed by atoms with E-state index in [-0.39, 0.29) is 5.54 Å². The lowest BCUT2D eigenvalue weighted by Gasteiger charge is -2.25. The van der Waals surface area contributed by atoms with Crippen molar-refractivity contribution in [2.75, 3.05) is 0 Å². The third kappa shape index (κ3) is 4.08. The molecule has 2 nitrogen and oxygen atoms in total. The van der Waals surface area contributed by atoms with Crippen molar-refractivity contribution >= 4 is 0 Å². The van der Waals surface area contributed by atoms with E-state index in [2.05, 4.69) is 45.1 Å². The molecule has 2 heteroatoms. The fourth-order valence-corrected chi connectivity index (χ4v) is 1.75. The zero-order valence-corrected chi connectivity index (χ0v) is 10.4. The third-order valence-corrected chi connectivity index (χ3v) is 2.68. The molecule has 0 fully saturated rings. The van der Waals surface area contributed by atoms with Crippen molar-refractivity contribution in [1.82, 2.24) is 5.32 Å². The highest BCUT2D eigenvalue weighted by Crippen LogP contribution is 2.13. The summed E-state index contributed by atoms with van der Waals surface area (Å²) in [4.78, 5) is 0. The predicted octanol–water partition coefficient (Wildman–Crippen LogP) is 3.51. The van der Waals surface area contributed by atoms with E-state index in [4.69, 9.17) is 4.42 Å². The Morgan fingerprint density at radius 3 is 2.40 bits per heavy atom. The van der Waals surface area contributed by atoms with Gasteiger partial charge >= 0.3 is 0 Å². The predicted molar refractivity (Wildman–Crippen MR) is 63.9 cm³/mol. The molecule has 0 aliphatic heterocycles.